The molecule has 0 aliphatic heterocycles. The number of aromatic carboxylic acids is 3. The number of H-pyrrole nitrogens is 1. The Morgan fingerprint density at radius 1 is 0.436 bits per heavy atom. The van der Waals surface area contributed by atoms with Gasteiger partial charge in [-0.2, -0.15) is 13.2 Å². The summed E-state index contributed by atoms with van der Waals surface area (Å²) in [7, 11) is 0. The molecular formula is C57H53F3N16O25. The molecule has 7 heterocycles. The van der Waals surface area contributed by atoms with Crippen molar-refractivity contribution in [3.8, 4) is 0 Å². The maximum absolute atomic E-state index is 12.5. The standard InChI is InChI=1S/2C10H9N3O5.2C9H8FN3O3.C9H8FNO3.C6H4O4.C4H7N3O2/c2*1-2-17-10(16)7(12-13-11)5-6-3-4-8(18-6)9(14)15;2*1-2-15-9(14)7(12-13-11)5-6-3-4-8(10)16-6;1-2-13-9(12)6-3-7-5(11-6)4-8(10)14-7;7-3-4-1-2-5(10-4)6(8)9;1-2-9-4(8)3-6-7-5/h2*3-5H,2H2,1H3,(H,14,15);2*3-5H,2H2,1H3;3-4,11H,2H2,1H3;1-3H,(H,8,9);2-3H2,1H3/b4*7-5-;;;. The van der Waals surface area contributed by atoms with Crippen molar-refractivity contribution in [2.45, 2.75) is 41.5 Å². The number of carbonyl (C=O) groups excluding carboxylic acids is 7. The predicted molar refractivity (Wildman–Crippen MR) is 332 cm³/mol. The van der Waals surface area contributed by atoms with E-state index >= 15 is 0 Å². The van der Waals surface area contributed by atoms with Gasteiger partial charge in [0.25, 0.3) is 18.0 Å². The Morgan fingerprint density at radius 2 is 0.762 bits per heavy atom. The molecule has 0 bridgehead atoms. The van der Waals surface area contributed by atoms with E-state index in [2.05, 4.69) is 96.5 Å². The highest BCUT2D eigenvalue weighted by Gasteiger charge is 2.17. The molecule has 0 fully saturated rings. The number of carboxylic acid groups (broad SMARTS) is 3. The average molecular weight is 1420 g/mol. The lowest BCUT2D eigenvalue weighted by Crippen LogP contribution is -2.06. The lowest BCUT2D eigenvalue weighted by Gasteiger charge is -1.99. The van der Waals surface area contributed by atoms with Crippen molar-refractivity contribution in [3.63, 3.8) is 0 Å². The minimum Gasteiger partial charge on any atom is -0.475 e. The molecule has 41 nitrogen and oxygen atoms in total. The molecular weight excluding hydrogens is 1370 g/mol. The van der Waals surface area contributed by atoms with Crippen molar-refractivity contribution in [1.29, 1.82) is 0 Å². The van der Waals surface area contributed by atoms with Gasteiger partial charge in [-0.25, -0.2) is 38.4 Å². The zero-order valence-electron chi connectivity index (χ0n) is 52.9. The quantitative estimate of drug-likeness (QED) is 0.00785. The first-order valence-electron chi connectivity index (χ1n) is 27.6. The van der Waals surface area contributed by atoms with Gasteiger partial charge in [-0.3, -0.25) is 9.59 Å². The van der Waals surface area contributed by atoms with Crippen LogP contribution in [-0.4, -0.2) is 126 Å². The number of nitrogens with one attached hydrogen (secondary N) is 1. The van der Waals surface area contributed by atoms with Gasteiger partial charge in [-0.15, -0.1) is 0 Å². The molecule has 7 aromatic heterocycles. The van der Waals surface area contributed by atoms with Crippen molar-refractivity contribution in [1.82, 2.24) is 4.98 Å². The minimum absolute atomic E-state index is 0.0254. The van der Waals surface area contributed by atoms with Gasteiger partial charge >= 0.3 is 53.7 Å². The van der Waals surface area contributed by atoms with E-state index in [1.165, 1.54) is 60.7 Å². The Kier molecular flexibility index (Phi) is 39.6. The molecule has 44 heteroatoms. The summed E-state index contributed by atoms with van der Waals surface area (Å²) in [6.07, 6.45) is 4.85. The lowest BCUT2D eigenvalue weighted by molar-refractivity contribution is -0.141. The first-order chi connectivity index (χ1) is 48.2. The van der Waals surface area contributed by atoms with Crippen LogP contribution in [0.1, 0.15) is 117 Å². The van der Waals surface area contributed by atoms with Crippen molar-refractivity contribution in [2.75, 3.05) is 46.2 Å². The maximum Gasteiger partial charge on any atom is 0.371 e. The number of carboxylic acids is 3. The lowest BCUT2D eigenvalue weighted by atomic mass is 10.3. The number of aldehydes is 1. The normalized spacial score (nSPS) is 10.3. The fraction of sp³-hybridized carbons (Fsp3) is 0.228. The number of furan rings is 6. The van der Waals surface area contributed by atoms with Crippen LogP contribution in [0.4, 0.5) is 13.2 Å². The van der Waals surface area contributed by atoms with Gasteiger partial charge in [0.15, 0.2) is 17.6 Å². The Morgan fingerprint density at radius 3 is 1.03 bits per heavy atom. The second kappa shape index (κ2) is 47.3. The highest BCUT2D eigenvalue weighted by Crippen LogP contribution is 2.21. The van der Waals surface area contributed by atoms with Crippen LogP contribution < -0.4 is 0 Å². The van der Waals surface area contributed by atoms with Gasteiger partial charge in [0.1, 0.15) is 58.1 Å². The molecule has 532 valence electrons. The summed E-state index contributed by atoms with van der Waals surface area (Å²) in [6.45, 7) is 10.7. The molecule has 0 aliphatic rings. The van der Waals surface area contributed by atoms with E-state index in [9.17, 15) is 61.1 Å². The molecule has 0 saturated heterocycles. The summed E-state index contributed by atoms with van der Waals surface area (Å²) in [4.78, 5) is 123. The number of carbonyl (C=O) groups is 10. The Balaban J connectivity index is 0.000000596. The van der Waals surface area contributed by atoms with E-state index < -0.39 is 71.8 Å². The number of hydrogen-bond donors (Lipinski definition) is 4. The highest BCUT2D eigenvalue weighted by molar-refractivity contribution is 5.96. The summed E-state index contributed by atoms with van der Waals surface area (Å²) >= 11 is 0. The number of aromatic amines is 1. The van der Waals surface area contributed by atoms with E-state index in [1.807, 2.05) is 0 Å². The first kappa shape index (κ1) is 84.4. The number of rotatable bonds is 25. The summed E-state index contributed by atoms with van der Waals surface area (Å²) in [5, 5.41) is 41.1. The maximum atomic E-state index is 12.5. The van der Waals surface area contributed by atoms with E-state index in [4.69, 9.17) is 56.5 Å². The molecule has 7 aromatic rings. The van der Waals surface area contributed by atoms with Gasteiger partial charge in [-0.1, -0.05) is 25.6 Å². The Labute approximate surface area is 561 Å². The molecule has 0 aromatic carbocycles. The van der Waals surface area contributed by atoms with Gasteiger partial charge in [0.2, 0.25) is 17.3 Å². The van der Waals surface area contributed by atoms with Gasteiger partial charge < -0.3 is 75.2 Å². The first-order valence-corrected chi connectivity index (χ1v) is 27.6. The molecule has 0 aliphatic carbocycles. The second-order valence-corrected chi connectivity index (χ2v) is 16.6. The number of aromatic nitrogens is 1. The van der Waals surface area contributed by atoms with E-state index in [0.29, 0.717) is 30.6 Å². The molecule has 0 saturated carbocycles. The third-order valence-electron chi connectivity index (χ3n) is 9.82. The molecule has 0 atom stereocenters. The van der Waals surface area contributed by atoms with Crippen molar-refractivity contribution in [2.24, 2.45) is 25.6 Å². The summed E-state index contributed by atoms with van der Waals surface area (Å²) in [6, 6.07) is 12.7. The minimum atomic E-state index is -1.24. The smallest absolute Gasteiger partial charge is 0.371 e. The number of halogens is 3. The zero-order chi connectivity index (χ0) is 75.8. The molecule has 0 spiro atoms. The SMILES string of the molecule is CCOC(=O)/C(=C/c1ccc(C(=O)O)o1)N=[N+]=[N-].CCOC(=O)/C(=C/c1ccc(C(=O)O)o1)N=[N+]=[N-].CCOC(=O)/C(=C/c1ccc(F)o1)N=[N+]=[N-].CCOC(=O)/C(=C/c1ccc(F)o1)N=[N+]=[N-].CCOC(=O)CN=[N+]=[N-].CCOC(=O)c1cc2oc(F)cc2[nH]1.O=Cc1ccc(C(=O)O)o1. The van der Waals surface area contributed by atoms with Crippen LogP contribution in [0.2, 0.25) is 0 Å². The largest absolute Gasteiger partial charge is 0.475 e. The van der Waals surface area contributed by atoms with Crippen LogP contribution in [0.5, 0.6) is 0 Å². The Bertz CT molecular complexity index is 4160. The third-order valence-corrected chi connectivity index (χ3v) is 9.82. The molecule has 101 heavy (non-hydrogen) atoms. The average Bonchev–Trinajstić information content (AvgIpc) is 1.66. The van der Waals surface area contributed by atoms with Crippen LogP contribution >= 0.6 is 0 Å². The summed E-state index contributed by atoms with van der Waals surface area (Å²) in [5.41, 5.74) is 40.6. The second-order valence-electron chi connectivity index (χ2n) is 16.6. The summed E-state index contributed by atoms with van der Waals surface area (Å²) < 4.78 is 93.4. The fourth-order valence-corrected chi connectivity index (χ4v) is 6.01. The van der Waals surface area contributed by atoms with Gasteiger partial charge in [0.05, 0.1) is 45.2 Å². The van der Waals surface area contributed by atoms with Crippen molar-refractivity contribution in [3.05, 3.63) is 218 Å². The number of hydrogen-bond acceptors (Lipinski definition) is 27. The van der Waals surface area contributed by atoms with Crippen LogP contribution in [0.25, 0.3) is 87.6 Å². The van der Waals surface area contributed by atoms with Crippen LogP contribution in [0, 0.1) is 18.0 Å². The number of esters is 6. The number of ether oxygens (including phenoxy) is 6. The third kappa shape index (κ3) is 32.9. The van der Waals surface area contributed by atoms with Gasteiger partial charge in [0, 0.05) is 48.8 Å². The number of fused-ring (bicyclic) bond motifs is 1. The van der Waals surface area contributed by atoms with E-state index in [-0.39, 0.29) is 108 Å². The zero-order valence-corrected chi connectivity index (χ0v) is 52.9. The van der Waals surface area contributed by atoms with Gasteiger partial charge in [-0.05, 0) is 142 Å². The van der Waals surface area contributed by atoms with Crippen molar-refractivity contribution >= 4 is 95.4 Å². The molecule has 0 amide bonds. The predicted octanol–water partition coefficient (Wildman–Crippen LogP) is 13.4. The summed E-state index contributed by atoms with van der Waals surface area (Å²) in [5.74, 6) is -8.33. The van der Waals surface area contributed by atoms with Crippen molar-refractivity contribution < 1.29 is 131 Å². The number of azide groups is 5. The van der Waals surface area contributed by atoms with E-state index in [1.54, 1.807) is 41.5 Å². The Hall–Kier alpha value is -14.6. The fourth-order valence-electron chi connectivity index (χ4n) is 6.01. The van der Waals surface area contributed by atoms with Crippen LogP contribution in [-0.2, 0) is 52.4 Å². The molecule has 4 N–H and O–H groups in total. The highest BCUT2D eigenvalue weighted by atomic mass is 19.1. The van der Waals surface area contributed by atoms with Crippen LogP contribution in [0.15, 0.2) is 148 Å². The number of nitrogens with zero attached hydrogens (tertiary/aromatic N) is 15. The molecule has 7 rings (SSSR count). The molecule has 0 radical (unpaired) electrons. The van der Waals surface area contributed by atoms with Crippen LogP contribution in [0.3, 0.4) is 0 Å². The monoisotopic (exact) mass is 1420 g/mol. The topological polar surface area (TPSA) is 625 Å². The molecule has 0 unspecified atom stereocenters. The van der Waals surface area contributed by atoms with E-state index in [0.717, 1.165) is 36.4 Å².